The summed E-state index contributed by atoms with van der Waals surface area (Å²) < 4.78 is 0. The van der Waals surface area contributed by atoms with Gasteiger partial charge in [-0.05, 0) is 53.8 Å². The number of aliphatic imine (C=N–C) groups is 1. The molecule has 2 unspecified atom stereocenters. The molecular formula is C23H18ClNS. The number of nitrogens with zero attached hydrogens (tertiary/aromatic N) is 1. The second-order valence-electron chi connectivity index (χ2n) is 6.86. The van der Waals surface area contributed by atoms with Crippen molar-refractivity contribution in [3.05, 3.63) is 94.5 Å². The van der Waals surface area contributed by atoms with Crippen molar-refractivity contribution in [3.63, 3.8) is 0 Å². The van der Waals surface area contributed by atoms with Gasteiger partial charge in [-0.2, -0.15) is 0 Å². The normalized spacial score (nSPS) is 21.0. The van der Waals surface area contributed by atoms with E-state index < -0.39 is 0 Å². The highest BCUT2D eigenvalue weighted by molar-refractivity contribution is 7.99. The Morgan fingerprint density at radius 1 is 0.885 bits per heavy atom. The van der Waals surface area contributed by atoms with Crippen LogP contribution in [-0.2, 0) is 6.42 Å². The van der Waals surface area contributed by atoms with Crippen molar-refractivity contribution < 1.29 is 0 Å². The highest BCUT2D eigenvalue weighted by atomic mass is 35.5. The van der Waals surface area contributed by atoms with E-state index in [2.05, 4.69) is 60.7 Å². The van der Waals surface area contributed by atoms with E-state index in [1.165, 1.54) is 27.3 Å². The Morgan fingerprint density at radius 3 is 2.54 bits per heavy atom. The van der Waals surface area contributed by atoms with Gasteiger partial charge in [0.15, 0.2) is 0 Å². The number of para-hydroxylation sites is 1. The summed E-state index contributed by atoms with van der Waals surface area (Å²) in [4.78, 5) is 6.42. The van der Waals surface area contributed by atoms with E-state index in [1.807, 2.05) is 23.9 Å². The standard InChI is InChI=1S/C23H18ClNS/c24-17-12-9-16(10-13-17)23-19-14-11-15-5-1-2-6-18(15)22(19)25-20-7-3-4-8-21(20)26-23/h1-10,12-13,19,23H,11,14H2. The second-order valence-corrected chi connectivity index (χ2v) is 8.48. The first-order valence-electron chi connectivity index (χ1n) is 8.97. The van der Waals surface area contributed by atoms with Crippen LogP contribution < -0.4 is 0 Å². The fourth-order valence-corrected chi connectivity index (χ4v) is 5.54. The van der Waals surface area contributed by atoms with E-state index >= 15 is 0 Å². The number of thioether (sulfide) groups is 1. The third kappa shape index (κ3) is 2.78. The summed E-state index contributed by atoms with van der Waals surface area (Å²) >= 11 is 8.08. The average molecular weight is 376 g/mol. The molecule has 1 nitrogen and oxygen atoms in total. The van der Waals surface area contributed by atoms with Crippen LogP contribution in [0.4, 0.5) is 5.69 Å². The number of hydrogen-bond acceptors (Lipinski definition) is 2. The average Bonchev–Trinajstić information content (AvgIpc) is 2.85. The molecule has 0 N–H and O–H groups in total. The highest BCUT2D eigenvalue weighted by Crippen LogP contribution is 2.51. The van der Waals surface area contributed by atoms with Gasteiger partial charge in [0.1, 0.15) is 0 Å². The molecule has 1 aliphatic carbocycles. The van der Waals surface area contributed by atoms with Crippen LogP contribution in [0.1, 0.15) is 28.4 Å². The molecule has 128 valence electrons. The van der Waals surface area contributed by atoms with Crippen LogP contribution in [0.15, 0.2) is 82.7 Å². The predicted octanol–water partition coefficient (Wildman–Crippen LogP) is 6.87. The third-order valence-corrected chi connectivity index (χ3v) is 7.00. The number of aryl methyl sites for hydroxylation is 1. The van der Waals surface area contributed by atoms with Crippen LogP contribution in [0.25, 0.3) is 0 Å². The van der Waals surface area contributed by atoms with Crippen molar-refractivity contribution in [2.75, 3.05) is 0 Å². The molecule has 0 spiro atoms. The summed E-state index contributed by atoms with van der Waals surface area (Å²) in [5.41, 5.74) is 6.39. The molecule has 2 aliphatic rings. The molecule has 0 saturated carbocycles. The Hall–Kier alpha value is -2.03. The Kier molecular flexibility index (Phi) is 4.11. The molecule has 26 heavy (non-hydrogen) atoms. The molecular weight excluding hydrogens is 358 g/mol. The minimum Gasteiger partial charge on any atom is -0.251 e. The summed E-state index contributed by atoms with van der Waals surface area (Å²) in [6, 6.07) is 25.6. The van der Waals surface area contributed by atoms with Gasteiger partial charge in [0, 0.05) is 21.1 Å². The Balaban J connectivity index is 1.70. The van der Waals surface area contributed by atoms with E-state index in [9.17, 15) is 0 Å². The molecule has 0 saturated heterocycles. The zero-order valence-corrected chi connectivity index (χ0v) is 15.8. The number of benzene rings is 3. The SMILES string of the molecule is Clc1ccc(C2Sc3ccccc3N=C3c4ccccc4CCC32)cc1. The highest BCUT2D eigenvalue weighted by Gasteiger charge is 2.35. The summed E-state index contributed by atoms with van der Waals surface area (Å²) in [7, 11) is 0. The lowest BCUT2D eigenvalue weighted by molar-refractivity contribution is 0.597. The Bertz CT molecular complexity index is 993. The number of rotatable bonds is 1. The molecule has 2 atom stereocenters. The predicted molar refractivity (Wildman–Crippen MR) is 111 cm³/mol. The maximum absolute atomic E-state index is 6.14. The largest absolute Gasteiger partial charge is 0.251 e. The van der Waals surface area contributed by atoms with E-state index in [4.69, 9.17) is 16.6 Å². The van der Waals surface area contributed by atoms with Crippen LogP contribution in [0.5, 0.6) is 0 Å². The van der Waals surface area contributed by atoms with Crippen molar-refractivity contribution in [2.45, 2.75) is 23.0 Å². The summed E-state index contributed by atoms with van der Waals surface area (Å²) in [5, 5.41) is 1.14. The molecule has 0 bridgehead atoms. The van der Waals surface area contributed by atoms with E-state index in [-0.39, 0.29) is 0 Å². The minimum atomic E-state index is 0.350. The van der Waals surface area contributed by atoms with E-state index in [0.717, 1.165) is 23.6 Å². The van der Waals surface area contributed by atoms with Gasteiger partial charge >= 0.3 is 0 Å². The van der Waals surface area contributed by atoms with Crippen LogP contribution in [0, 0.1) is 5.92 Å². The van der Waals surface area contributed by atoms with Gasteiger partial charge in [0.2, 0.25) is 0 Å². The molecule has 1 heterocycles. The molecule has 3 aromatic carbocycles. The van der Waals surface area contributed by atoms with Crippen molar-refractivity contribution in [2.24, 2.45) is 10.9 Å². The fraction of sp³-hybridized carbons (Fsp3) is 0.174. The molecule has 0 aromatic heterocycles. The van der Waals surface area contributed by atoms with Crippen LogP contribution in [0.2, 0.25) is 5.02 Å². The van der Waals surface area contributed by atoms with Gasteiger partial charge in [0.25, 0.3) is 0 Å². The topological polar surface area (TPSA) is 12.4 Å². The minimum absolute atomic E-state index is 0.350. The molecule has 0 amide bonds. The lowest BCUT2D eigenvalue weighted by atomic mass is 9.78. The van der Waals surface area contributed by atoms with Gasteiger partial charge in [-0.15, -0.1) is 11.8 Å². The lowest BCUT2D eigenvalue weighted by Crippen LogP contribution is -2.27. The van der Waals surface area contributed by atoms with Crippen molar-refractivity contribution >= 4 is 34.8 Å². The molecule has 1 aliphatic heterocycles. The molecule has 0 radical (unpaired) electrons. The molecule has 3 heteroatoms. The number of hydrogen-bond donors (Lipinski definition) is 0. The summed E-state index contributed by atoms with van der Waals surface area (Å²) in [5.74, 6) is 0.406. The first-order chi connectivity index (χ1) is 12.8. The van der Waals surface area contributed by atoms with Gasteiger partial charge in [0.05, 0.1) is 11.4 Å². The van der Waals surface area contributed by atoms with Gasteiger partial charge in [-0.3, -0.25) is 4.99 Å². The van der Waals surface area contributed by atoms with Crippen molar-refractivity contribution in [1.29, 1.82) is 0 Å². The zero-order valence-electron chi connectivity index (χ0n) is 14.2. The molecule has 5 rings (SSSR count). The monoisotopic (exact) mass is 375 g/mol. The van der Waals surface area contributed by atoms with Crippen LogP contribution >= 0.6 is 23.4 Å². The quantitative estimate of drug-likeness (QED) is 0.452. The smallest absolute Gasteiger partial charge is 0.0769 e. The summed E-state index contributed by atoms with van der Waals surface area (Å²) in [6.45, 7) is 0. The van der Waals surface area contributed by atoms with Gasteiger partial charge < -0.3 is 0 Å². The Morgan fingerprint density at radius 2 is 1.65 bits per heavy atom. The maximum atomic E-state index is 6.14. The van der Waals surface area contributed by atoms with E-state index in [1.54, 1.807) is 0 Å². The number of halogens is 1. The first kappa shape index (κ1) is 16.2. The summed E-state index contributed by atoms with van der Waals surface area (Å²) in [6.07, 6.45) is 2.24. The lowest BCUT2D eigenvalue weighted by Gasteiger charge is -2.31. The van der Waals surface area contributed by atoms with Crippen molar-refractivity contribution in [3.8, 4) is 0 Å². The molecule has 0 fully saturated rings. The zero-order chi connectivity index (χ0) is 17.5. The third-order valence-electron chi connectivity index (χ3n) is 5.29. The van der Waals surface area contributed by atoms with Gasteiger partial charge in [-0.1, -0.05) is 60.1 Å². The second kappa shape index (κ2) is 6.61. The van der Waals surface area contributed by atoms with Crippen molar-refractivity contribution in [1.82, 2.24) is 0 Å². The van der Waals surface area contributed by atoms with Crippen LogP contribution in [0.3, 0.4) is 0 Å². The van der Waals surface area contributed by atoms with Crippen LogP contribution in [-0.4, -0.2) is 5.71 Å². The van der Waals surface area contributed by atoms with Gasteiger partial charge in [-0.25, -0.2) is 0 Å². The first-order valence-corrected chi connectivity index (χ1v) is 10.2. The van der Waals surface area contributed by atoms with E-state index in [0.29, 0.717) is 11.2 Å². The maximum Gasteiger partial charge on any atom is 0.0769 e. The molecule has 3 aromatic rings. The Labute approximate surface area is 163 Å². The number of fused-ring (bicyclic) bond motifs is 4. The fourth-order valence-electron chi connectivity index (χ4n) is 4.02.